The number of Topliss-reactive ketones (excluding diaryl/α,β-unsaturated/α-hetero) is 1. The van der Waals surface area contributed by atoms with Crippen LogP contribution in [-0.2, 0) is 14.4 Å². The van der Waals surface area contributed by atoms with E-state index in [0.717, 1.165) is 0 Å². The summed E-state index contributed by atoms with van der Waals surface area (Å²) in [6.45, 7) is 0.726. The third-order valence-corrected chi connectivity index (χ3v) is 2.34. The highest BCUT2D eigenvalue weighted by molar-refractivity contribution is 5.88. The van der Waals surface area contributed by atoms with Crippen LogP contribution in [-0.4, -0.2) is 83.5 Å². The number of ketones is 1. The molecule has 132 valence electrons. The number of quaternary nitrogens is 1. The molecular weight excluding hydrogens is 320 g/mol. The molecule has 0 aliphatic carbocycles. The van der Waals surface area contributed by atoms with Gasteiger partial charge in [0.15, 0.2) is 11.4 Å². The number of nitrogens with zero attached hydrogens (tertiary/aromatic N) is 1. The first-order chi connectivity index (χ1) is 9.25. The van der Waals surface area contributed by atoms with Gasteiger partial charge in [-0.3, -0.25) is 9.59 Å². The maximum atomic E-state index is 11.1. The zero-order valence-electron chi connectivity index (χ0n) is 13.1. The minimum atomic E-state index is -1.82. The van der Waals surface area contributed by atoms with E-state index in [4.69, 9.17) is 15.9 Å². The van der Waals surface area contributed by atoms with Gasteiger partial charge >= 0.3 is 5.97 Å². The second-order valence-electron chi connectivity index (χ2n) is 5.71. The number of halogens is 1. The van der Waals surface area contributed by atoms with Crippen LogP contribution in [0.1, 0.15) is 13.3 Å². The van der Waals surface area contributed by atoms with Gasteiger partial charge in [-0.25, -0.2) is 0 Å². The van der Waals surface area contributed by atoms with E-state index in [0.29, 0.717) is 4.48 Å². The van der Waals surface area contributed by atoms with E-state index in [1.165, 1.54) is 6.92 Å². The summed E-state index contributed by atoms with van der Waals surface area (Å²) in [6, 6.07) is -1.13. The lowest BCUT2D eigenvalue weighted by Crippen LogP contribution is -2.55. The highest BCUT2D eigenvalue weighted by atomic mass is 35.5. The minimum absolute atomic E-state index is 0. The Morgan fingerprint density at radius 2 is 1.68 bits per heavy atom. The molecule has 0 bridgehead atoms. The number of rotatable bonds is 7. The SMILES string of the molecule is CC(=O)[C@@](O)(CC(=O)[O-])C[N+](C)(C)C.Cl.N[C@@H](CO)C(=O)O. The van der Waals surface area contributed by atoms with Gasteiger partial charge < -0.3 is 35.4 Å². The van der Waals surface area contributed by atoms with Gasteiger partial charge in [-0.1, -0.05) is 0 Å². The van der Waals surface area contributed by atoms with Gasteiger partial charge in [0.2, 0.25) is 0 Å². The fourth-order valence-corrected chi connectivity index (χ4v) is 1.39. The summed E-state index contributed by atoms with van der Waals surface area (Å²) < 4.78 is 0.309. The number of hydrogen-bond acceptors (Lipinski definition) is 7. The number of aliphatic carboxylic acids is 2. The van der Waals surface area contributed by atoms with Gasteiger partial charge in [-0.2, -0.15) is 0 Å². The van der Waals surface area contributed by atoms with E-state index in [9.17, 15) is 24.6 Å². The lowest BCUT2D eigenvalue weighted by Gasteiger charge is -2.34. The number of carbonyl (C=O) groups excluding carboxylic acids is 2. The van der Waals surface area contributed by atoms with Crippen LogP contribution in [0.25, 0.3) is 0 Å². The van der Waals surface area contributed by atoms with Crippen molar-refractivity contribution >= 4 is 30.1 Å². The molecule has 0 aliphatic rings. The van der Waals surface area contributed by atoms with E-state index >= 15 is 0 Å². The van der Waals surface area contributed by atoms with E-state index < -0.39 is 42.4 Å². The topological polar surface area (TPSA) is 161 Å². The molecule has 0 aromatic heterocycles. The Bertz CT molecular complexity index is 384. The first-order valence-corrected chi connectivity index (χ1v) is 6.08. The van der Waals surface area contributed by atoms with Gasteiger partial charge in [0.05, 0.1) is 27.7 Å². The molecule has 2 atom stereocenters. The number of nitrogens with two attached hydrogens (primary N) is 1. The largest absolute Gasteiger partial charge is 0.550 e. The Hall–Kier alpha value is -1.26. The van der Waals surface area contributed by atoms with Crippen LogP contribution < -0.4 is 10.8 Å². The highest BCUT2D eigenvalue weighted by Gasteiger charge is 2.38. The standard InChI is InChI=1S/C9H17NO4.C3H7NO3.ClH/c1-7(11)9(14,5-8(12)13)6-10(2,3)4;4-2(1-5)3(6)7;/h14H,5-6H2,1-4H3;2,5H,1,4H2,(H,6,7);1H/t9-;2-;/m10./s1. The fraction of sp³-hybridized carbons (Fsp3) is 0.750. The van der Waals surface area contributed by atoms with Crippen molar-refractivity contribution in [1.82, 2.24) is 0 Å². The highest BCUT2D eigenvalue weighted by Crippen LogP contribution is 2.15. The van der Waals surface area contributed by atoms with Crippen LogP contribution in [0.2, 0.25) is 0 Å². The fourth-order valence-electron chi connectivity index (χ4n) is 1.39. The van der Waals surface area contributed by atoms with Crippen molar-refractivity contribution in [2.45, 2.75) is 25.0 Å². The predicted molar refractivity (Wildman–Crippen MR) is 78.1 cm³/mol. The lowest BCUT2D eigenvalue weighted by atomic mass is 9.94. The van der Waals surface area contributed by atoms with Gasteiger partial charge in [-0.15, -0.1) is 12.4 Å². The molecule has 0 saturated carbocycles. The Kier molecular flexibility index (Phi) is 12.2. The smallest absolute Gasteiger partial charge is 0.322 e. The van der Waals surface area contributed by atoms with Crippen LogP contribution >= 0.6 is 12.4 Å². The van der Waals surface area contributed by atoms with Crippen molar-refractivity contribution in [3.8, 4) is 0 Å². The van der Waals surface area contributed by atoms with Crippen molar-refractivity contribution in [2.24, 2.45) is 5.73 Å². The molecule has 22 heavy (non-hydrogen) atoms. The van der Waals surface area contributed by atoms with Crippen LogP contribution in [0.3, 0.4) is 0 Å². The maximum Gasteiger partial charge on any atom is 0.322 e. The summed E-state index contributed by atoms with van der Waals surface area (Å²) in [6.07, 6.45) is -0.655. The molecule has 9 nitrogen and oxygen atoms in total. The minimum Gasteiger partial charge on any atom is -0.550 e. The molecule has 5 N–H and O–H groups in total. The normalized spacial score (nSPS) is 14.5. The van der Waals surface area contributed by atoms with E-state index in [1.54, 1.807) is 21.1 Å². The van der Waals surface area contributed by atoms with Crippen LogP contribution in [0.4, 0.5) is 0 Å². The molecule has 0 spiro atoms. The molecule has 0 amide bonds. The van der Waals surface area contributed by atoms with Crippen molar-refractivity contribution in [2.75, 3.05) is 34.3 Å². The summed E-state index contributed by atoms with van der Waals surface area (Å²) in [7, 11) is 5.30. The molecule has 0 heterocycles. The summed E-state index contributed by atoms with van der Waals surface area (Å²) in [5.41, 5.74) is 2.94. The molecule has 0 aromatic rings. The van der Waals surface area contributed by atoms with E-state index in [1.807, 2.05) is 0 Å². The molecule has 10 heteroatoms. The molecule has 0 aliphatic heterocycles. The van der Waals surface area contributed by atoms with Crippen molar-refractivity contribution in [3.63, 3.8) is 0 Å². The van der Waals surface area contributed by atoms with Crippen molar-refractivity contribution < 1.29 is 39.3 Å². The number of carboxylic acid groups (broad SMARTS) is 2. The second kappa shape index (κ2) is 10.5. The molecule has 0 unspecified atom stereocenters. The van der Waals surface area contributed by atoms with Gasteiger partial charge in [-0.05, 0) is 6.92 Å². The van der Waals surface area contributed by atoms with E-state index in [-0.39, 0.29) is 19.0 Å². The van der Waals surface area contributed by atoms with Crippen LogP contribution in [0.5, 0.6) is 0 Å². The summed E-state index contributed by atoms with van der Waals surface area (Å²) >= 11 is 0. The summed E-state index contributed by atoms with van der Waals surface area (Å²) in [5.74, 6) is -3.14. The molecule has 0 aromatic carbocycles. The van der Waals surface area contributed by atoms with Gasteiger partial charge in [0.25, 0.3) is 0 Å². The van der Waals surface area contributed by atoms with Crippen LogP contribution in [0.15, 0.2) is 0 Å². The van der Waals surface area contributed by atoms with Crippen molar-refractivity contribution in [3.05, 3.63) is 0 Å². The zero-order valence-corrected chi connectivity index (χ0v) is 13.9. The van der Waals surface area contributed by atoms with E-state index in [2.05, 4.69) is 0 Å². The molecule has 0 rings (SSSR count). The second-order valence-corrected chi connectivity index (χ2v) is 5.71. The third kappa shape index (κ3) is 12.5. The third-order valence-electron chi connectivity index (χ3n) is 2.34. The zero-order chi connectivity index (χ0) is 17.4. The van der Waals surface area contributed by atoms with Crippen LogP contribution in [0, 0.1) is 0 Å². The lowest BCUT2D eigenvalue weighted by molar-refractivity contribution is -0.875. The molecular formula is C12H25ClN2O7. The Morgan fingerprint density at radius 3 is 1.82 bits per heavy atom. The monoisotopic (exact) mass is 344 g/mol. The van der Waals surface area contributed by atoms with Gasteiger partial charge in [0, 0.05) is 12.4 Å². The quantitative estimate of drug-likeness (QED) is 0.354. The Labute approximate surface area is 135 Å². The molecule has 0 radical (unpaired) electrons. The summed E-state index contributed by atoms with van der Waals surface area (Å²) in [5, 5.41) is 36.1. The average molecular weight is 345 g/mol. The predicted octanol–water partition coefficient (Wildman–Crippen LogP) is -3.03. The number of likely N-dealkylation sites (N-methyl/N-ethyl adjacent to an activating group) is 1. The first-order valence-electron chi connectivity index (χ1n) is 6.08. The first kappa shape index (κ1) is 25.7. The average Bonchev–Trinajstić information content (AvgIpc) is 2.24. The molecule has 0 fully saturated rings. The number of hydrogen-bond donors (Lipinski definition) is 4. The maximum absolute atomic E-state index is 11.1. The van der Waals surface area contributed by atoms with Crippen molar-refractivity contribution in [1.29, 1.82) is 0 Å². The number of aliphatic hydroxyl groups is 2. The number of carboxylic acids is 2. The Morgan fingerprint density at radius 1 is 1.27 bits per heavy atom. The Balaban J connectivity index is -0.000000385. The molecule has 0 saturated heterocycles. The summed E-state index contributed by atoms with van der Waals surface area (Å²) in [4.78, 5) is 31.1. The van der Waals surface area contributed by atoms with Gasteiger partial charge in [0.1, 0.15) is 12.6 Å². The number of carbonyl (C=O) groups is 3. The number of aliphatic hydroxyl groups excluding tert-OH is 1.